The Morgan fingerprint density at radius 3 is 2.22 bits per heavy atom. The minimum absolute atomic E-state index is 0.137. The third kappa shape index (κ3) is 5.66. The van der Waals surface area contributed by atoms with Crippen LogP contribution in [0.4, 0.5) is 5.69 Å². The van der Waals surface area contributed by atoms with Crippen molar-refractivity contribution in [3.8, 4) is 5.75 Å². The van der Waals surface area contributed by atoms with Gasteiger partial charge in [-0.3, -0.25) is 4.79 Å². The Balaban J connectivity index is 1.63. The number of esters is 1. The molecular weight excluding hydrogens is 432 g/mol. The van der Waals surface area contributed by atoms with Crippen LogP contribution < -0.4 is 10.1 Å². The first-order valence-corrected chi connectivity index (χ1v) is 12.0. The highest BCUT2D eigenvalue weighted by atomic mass is 32.2. The van der Waals surface area contributed by atoms with Crippen LogP contribution in [0.15, 0.2) is 53.4 Å². The van der Waals surface area contributed by atoms with Gasteiger partial charge in [-0.1, -0.05) is 25.0 Å². The molecule has 1 saturated heterocycles. The minimum atomic E-state index is -3.60. The fraction of sp³-hybridized carbons (Fsp3) is 0.391. The van der Waals surface area contributed by atoms with E-state index in [4.69, 9.17) is 9.47 Å². The van der Waals surface area contributed by atoms with Crippen LogP contribution in [0.3, 0.4) is 0 Å². The molecule has 32 heavy (non-hydrogen) atoms. The molecule has 0 aliphatic carbocycles. The zero-order chi connectivity index (χ0) is 23.1. The fourth-order valence-electron chi connectivity index (χ4n) is 3.46. The summed E-state index contributed by atoms with van der Waals surface area (Å²) in [7, 11) is -2.11. The number of amides is 1. The maximum Gasteiger partial charge on any atom is 0.338 e. The summed E-state index contributed by atoms with van der Waals surface area (Å²) in [6, 6.07) is 12.5. The minimum Gasteiger partial charge on any atom is -0.495 e. The van der Waals surface area contributed by atoms with E-state index in [9.17, 15) is 18.0 Å². The van der Waals surface area contributed by atoms with Gasteiger partial charge in [0.2, 0.25) is 10.0 Å². The van der Waals surface area contributed by atoms with Crippen LogP contribution >= 0.6 is 0 Å². The Morgan fingerprint density at radius 2 is 1.59 bits per heavy atom. The van der Waals surface area contributed by atoms with E-state index in [0.717, 1.165) is 25.7 Å². The summed E-state index contributed by atoms with van der Waals surface area (Å²) < 4.78 is 37.7. The lowest BCUT2D eigenvalue weighted by molar-refractivity contribution is -0.123. The second kappa shape index (κ2) is 10.6. The molecule has 1 N–H and O–H groups in total. The fourth-order valence-corrected chi connectivity index (χ4v) is 4.98. The number of methoxy groups -OCH3 is 1. The molecule has 1 aliphatic heterocycles. The molecule has 0 unspecified atom stereocenters. The van der Waals surface area contributed by atoms with Gasteiger partial charge < -0.3 is 14.8 Å². The lowest BCUT2D eigenvalue weighted by atomic mass is 10.2. The molecule has 1 amide bonds. The van der Waals surface area contributed by atoms with Gasteiger partial charge in [-0.25, -0.2) is 13.2 Å². The molecule has 0 radical (unpaired) electrons. The number of nitrogens with zero attached hydrogens (tertiary/aromatic N) is 1. The van der Waals surface area contributed by atoms with Crippen molar-refractivity contribution in [1.29, 1.82) is 0 Å². The Hall–Kier alpha value is -2.91. The van der Waals surface area contributed by atoms with Crippen molar-refractivity contribution >= 4 is 27.6 Å². The van der Waals surface area contributed by atoms with Gasteiger partial charge in [0.15, 0.2) is 6.10 Å². The summed E-state index contributed by atoms with van der Waals surface area (Å²) in [4.78, 5) is 25.0. The maximum absolute atomic E-state index is 12.9. The third-order valence-corrected chi connectivity index (χ3v) is 7.22. The summed E-state index contributed by atoms with van der Waals surface area (Å²) in [5.41, 5.74) is 0.628. The van der Waals surface area contributed by atoms with E-state index in [-0.39, 0.29) is 10.5 Å². The monoisotopic (exact) mass is 460 g/mol. The van der Waals surface area contributed by atoms with Gasteiger partial charge in [0, 0.05) is 13.1 Å². The Labute approximate surface area is 188 Å². The molecule has 9 heteroatoms. The molecule has 0 aromatic heterocycles. The summed E-state index contributed by atoms with van der Waals surface area (Å²) in [5.74, 6) is -0.741. The number of para-hydroxylation sites is 2. The molecule has 8 nitrogen and oxygen atoms in total. The quantitative estimate of drug-likeness (QED) is 0.635. The second-order valence-corrected chi connectivity index (χ2v) is 9.52. The molecule has 0 saturated carbocycles. The molecule has 1 aliphatic rings. The van der Waals surface area contributed by atoms with E-state index in [1.54, 1.807) is 24.3 Å². The first kappa shape index (κ1) is 23.7. The number of ether oxygens (including phenoxy) is 2. The third-order valence-electron chi connectivity index (χ3n) is 5.31. The average molecular weight is 461 g/mol. The predicted octanol–water partition coefficient (Wildman–Crippen LogP) is 3.44. The molecule has 1 heterocycles. The highest BCUT2D eigenvalue weighted by Crippen LogP contribution is 2.24. The van der Waals surface area contributed by atoms with Crippen LogP contribution in [0.5, 0.6) is 5.75 Å². The number of anilines is 1. The van der Waals surface area contributed by atoms with Gasteiger partial charge in [0.1, 0.15) is 5.75 Å². The van der Waals surface area contributed by atoms with Crippen molar-refractivity contribution in [1.82, 2.24) is 4.31 Å². The summed E-state index contributed by atoms with van der Waals surface area (Å²) in [5, 5.41) is 2.66. The number of rotatable bonds is 7. The molecule has 1 fully saturated rings. The molecule has 0 spiro atoms. The number of nitrogens with one attached hydrogen (secondary N) is 1. The Kier molecular flexibility index (Phi) is 7.87. The van der Waals surface area contributed by atoms with Crippen LogP contribution in [0.25, 0.3) is 0 Å². The highest BCUT2D eigenvalue weighted by Gasteiger charge is 2.26. The molecule has 172 valence electrons. The molecule has 0 bridgehead atoms. The van der Waals surface area contributed by atoms with E-state index in [0.29, 0.717) is 24.5 Å². The zero-order valence-electron chi connectivity index (χ0n) is 18.2. The number of carbonyl (C=O) groups excluding carboxylic acids is 2. The lowest BCUT2D eigenvalue weighted by Gasteiger charge is -2.20. The normalized spacial score (nSPS) is 15.9. The van der Waals surface area contributed by atoms with Crippen molar-refractivity contribution < 1.29 is 27.5 Å². The maximum atomic E-state index is 12.9. The smallest absolute Gasteiger partial charge is 0.338 e. The van der Waals surface area contributed by atoms with Crippen LogP contribution in [-0.4, -0.2) is 50.9 Å². The van der Waals surface area contributed by atoms with Crippen molar-refractivity contribution in [2.75, 3.05) is 25.5 Å². The van der Waals surface area contributed by atoms with Gasteiger partial charge in [-0.05, 0) is 56.2 Å². The summed E-state index contributed by atoms with van der Waals surface area (Å²) >= 11 is 0. The largest absolute Gasteiger partial charge is 0.495 e. The molecule has 1 atom stereocenters. The van der Waals surface area contributed by atoms with Crippen LogP contribution in [0.1, 0.15) is 43.0 Å². The van der Waals surface area contributed by atoms with E-state index >= 15 is 0 Å². The van der Waals surface area contributed by atoms with Gasteiger partial charge >= 0.3 is 5.97 Å². The van der Waals surface area contributed by atoms with Crippen molar-refractivity contribution in [3.63, 3.8) is 0 Å². The van der Waals surface area contributed by atoms with E-state index in [1.807, 2.05) is 0 Å². The molecular formula is C23H28N2O6S. The summed E-state index contributed by atoms with van der Waals surface area (Å²) in [6.07, 6.45) is 2.68. The lowest BCUT2D eigenvalue weighted by Crippen LogP contribution is -2.32. The van der Waals surface area contributed by atoms with Gasteiger partial charge in [-0.15, -0.1) is 0 Å². The van der Waals surface area contributed by atoms with Gasteiger partial charge in [-0.2, -0.15) is 4.31 Å². The number of hydrogen-bond acceptors (Lipinski definition) is 6. The first-order valence-electron chi connectivity index (χ1n) is 10.6. The van der Waals surface area contributed by atoms with Crippen LogP contribution in [-0.2, 0) is 19.6 Å². The summed E-state index contributed by atoms with van der Waals surface area (Å²) in [6.45, 7) is 2.47. The Morgan fingerprint density at radius 1 is 0.969 bits per heavy atom. The first-order chi connectivity index (χ1) is 15.3. The van der Waals surface area contributed by atoms with Crippen LogP contribution in [0.2, 0.25) is 0 Å². The number of carbonyl (C=O) groups is 2. The standard InChI is InChI=1S/C23H28N2O6S/c1-17(22(26)24-20-9-5-6-10-21(20)30-2)31-23(27)18-11-13-19(14-12-18)32(28,29)25-15-7-3-4-8-16-25/h5-6,9-14,17H,3-4,7-8,15-16H2,1-2H3,(H,24,26)/t17-/m1/s1. The van der Waals surface area contributed by atoms with E-state index in [1.165, 1.54) is 42.6 Å². The average Bonchev–Trinajstić information content (AvgIpc) is 3.09. The molecule has 3 rings (SSSR count). The molecule has 2 aromatic rings. The van der Waals surface area contributed by atoms with Gasteiger partial charge in [0.05, 0.1) is 23.3 Å². The Bertz CT molecular complexity index is 1040. The second-order valence-electron chi connectivity index (χ2n) is 7.58. The molecule has 2 aromatic carbocycles. The SMILES string of the molecule is COc1ccccc1NC(=O)[C@@H](C)OC(=O)c1ccc(S(=O)(=O)N2CCCCCC2)cc1. The van der Waals surface area contributed by atoms with Crippen molar-refractivity contribution in [2.45, 2.75) is 43.6 Å². The number of sulfonamides is 1. The topological polar surface area (TPSA) is 102 Å². The van der Waals surface area contributed by atoms with Gasteiger partial charge in [0.25, 0.3) is 5.91 Å². The predicted molar refractivity (Wildman–Crippen MR) is 120 cm³/mol. The highest BCUT2D eigenvalue weighted by molar-refractivity contribution is 7.89. The number of benzene rings is 2. The zero-order valence-corrected chi connectivity index (χ0v) is 19.1. The van der Waals surface area contributed by atoms with E-state index < -0.39 is 28.0 Å². The van der Waals surface area contributed by atoms with Crippen molar-refractivity contribution in [3.05, 3.63) is 54.1 Å². The van der Waals surface area contributed by atoms with Crippen molar-refractivity contribution in [2.24, 2.45) is 0 Å². The van der Waals surface area contributed by atoms with E-state index in [2.05, 4.69) is 5.32 Å². The van der Waals surface area contributed by atoms with Crippen LogP contribution in [0, 0.1) is 0 Å². The number of hydrogen-bond donors (Lipinski definition) is 1.